The first-order chi connectivity index (χ1) is 11.1. The molecule has 0 saturated heterocycles. The molecule has 1 amide bonds. The van der Waals surface area contributed by atoms with E-state index in [1.807, 2.05) is 48.5 Å². The number of anilines is 1. The van der Waals surface area contributed by atoms with Gasteiger partial charge in [0.15, 0.2) is 0 Å². The molecular weight excluding hydrogens is 288 g/mol. The summed E-state index contributed by atoms with van der Waals surface area (Å²) in [5.74, 6) is 0.961. The molecule has 0 unspecified atom stereocenters. The second kappa shape index (κ2) is 6.16. The van der Waals surface area contributed by atoms with Crippen molar-refractivity contribution in [2.75, 3.05) is 12.4 Å². The zero-order valence-corrected chi connectivity index (χ0v) is 13.5. The van der Waals surface area contributed by atoms with E-state index >= 15 is 0 Å². The van der Waals surface area contributed by atoms with E-state index in [9.17, 15) is 4.79 Å². The van der Waals surface area contributed by atoms with Crippen LogP contribution in [0.1, 0.15) is 35.8 Å². The first kappa shape index (κ1) is 15.2. The molecule has 0 fully saturated rings. The number of aromatic nitrogens is 1. The number of carbonyl (C=O) groups excluding carboxylic acids is 1. The summed E-state index contributed by atoms with van der Waals surface area (Å²) >= 11 is 0. The number of amides is 1. The molecule has 1 heterocycles. The van der Waals surface area contributed by atoms with Crippen LogP contribution < -0.4 is 10.1 Å². The second-order valence-corrected chi connectivity index (χ2v) is 5.83. The average Bonchev–Trinajstić information content (AvgIpc) is 2.98. The molecule has 2 N–H and O–H groups in total. The number of hydrogen-bond donors (Lipinski definition) is 2. The largest absolute Gasteiger partial charge is 0.497 e. The number of rotatable bonds is 4. The van der Waals surface area contributed by atoms with Crippen LogP contribution in [0.15, 0.2) is 48.5 Å². The predicted molar refractivity (Wildman–Crippen MR) is 93.3 cm³/mol. The van der Waals surface area contributed by atoms with Crippen LogP contribution in [-0.2, 0) is 0 Å². The van der Waals surface area contributed by atoms with Gasteiger partial charge >= 0.3 is 0 Å². The molecule has 1 aromatic heterocycles. The molecule has 0 aliphatic heterocycles. The number of hydrogen-bond acceptors (Lipinski definition) is 2. The fourth-order valence-corrected chi connectivity index (χ4v) is 2.66. The van der Waals surface area contributed by atoms with E-state index < -0.39 is 0 Å². The van der Waals surface area contributed by atoms with Crippen LogP contribution in [0.5, 0.6) is 5.75 Å². The monoisotopic (exact) mass is 308 g/mol. The minimum Gasteiger partial charge on any atom is -0.497 e. The van der Waals surface area contributed by atoms with Gasteiger partial charge < -0.3 is 15.0 Å². The smallest absolute Gasteiger partial charge is 0.272 e. The van der Waals surface area contributed by atoms with Crippen molar-refractivity contribution < 1.29 is 9.53 Å². The van der Waals surface area contributed by atoms with Gasteiger partial charge in [0.1, 0.15) is 11.4 Å². The van der Waals surface area contributed by atoms with E-state index in [4.69, 9.17) is 4.74 Å². The minimum absolute atomic E-state index is 0.145. The summed E-state index contributed by atoms with van der Waals surface area (Å²) in [6.07, 6.45) is 0. The first-order valence-electron chi connectivity index (χ1n) is 7.65. The number of benzene rings is 2. The van der Waals surface area contributed by atoms with E-state index in [2.05, 4.69) is 24.1 Å². The molecule has 3 rings (SSSR count). The van der Waals surface area contributed by atoms with Crippen LogP contribution >= 0.6 is 0 Å². The van der Waals surface area contributed by atoms with E-state index in [0.29, 0.717) is 11.6 Å². The van der Waals surface area contributed by atoms with Crippen molar-refractivity contribution in [3.8, 4) is 5.75 Å². The van der Waals surface area contributed by atoms with Crippen LogP contribution in [0.4, 0.5) is 5.69 Å². The highest BCUT2D eigenvalue weighted by Gasteiger charge is 2.13. The molecule has 0 aliphatic carbocycles. The lowest BCUT2D eigenvalue weighted by molar-refractivity contribution is 0.102. The summed E-state index contributed by atoms with van der Waals surface area (Å²) in [6.45, 7) is 4.22. The Hall–Kier alpha value is -2.75. The third-order valence-electron chi connectivity index (χ3n) is 3.91. The van der Waals surface area contributed by atoms with Gasteiger partial charge in [-0.25, -0.2) is 0 Å². The molecule has 4 heteroatoms. The molecule has 0 spiro atoms. The maximum atomic E-state index is 12.5. The zero-order chi connectivity index (χ0) is 16.4. The summed E-state index contributed by atoms with van der Waals surface area (Å²) in [5.41, 5.74) is 3.39. The van der Waals surface area contributed by atoms with Crippen molar-refractivity contribution in [1.29, 1.82) is 0 Å². The number of nitrogens with one attached hydrogen (secondary N) is 2. The standard InChI is InChI=1S/C19H20N2O2/c1-12(2)15-6-4-5-7-16(15)21-19(22)18-10-13-8-9-14(23-3)11-17(13)20-18/h4-12,20H,1-3H3,(H,21,22). The number of aromatic amines is 1. The van der Waals surface area contributed by atoms with E-state index in [-0.39, 0.29) is 5.91 Å². The fourth-order valence-electron chi connectivity index (χ4n) is 2.66. The van der Waals surface area contributed by atoms with Crippen LogP contribution in [0.2, 0.25) is 0 Å². The molecule has 0 atom stereocenters. The van der Waals surface area contributed by atoms with Gasteiger partial charge in [0.25, 0.3) is 5.91 Å². The van der Waals surface area contributed by atoms with Gasteiger partial charge in [-0.2, -0.15) is 0 Å². The molecule has 0 saturated carbocycles. The second-order valence-electron chi connectivity index (χ2n) is 5.83. The lowest BCUT2D eigenvalue weighted by Crippen LogP contribution is -2.13. The Balaban J connectivity index is 1.89. The number of H-pyrrole nitrogens is 1. The number of methoxy groups -OCH3 is 1. The Morgan fingerprint density at radius 3 is 2.65 bits per heavy atom. The first-order valence-corrected chi connectivity index (χ1v) is 7.65. The highest BCUT2D eigenvalue weighted by Crippen LogP contribution is 2.25. The van der Waals surface area contributed by atoms with Gasteiger partial charge in [-0.1, -0.05) is 32.0 Å². The Bertz CT molecular complexity index is 849. The Labute approximate surface area is 135 Å². The number of ether oxygens (including phenoxy) is 1. The van der Waals surface area contributed by atoms with Gasteiger partial charge in [-0.05, 0) is 35.7 Å². The molecule has 0 bridgehead atoms. The lowest BCUT2D eigenvalue weighted by atomic mass is 10.0. The predicted octanol–water partition coefficient (Wildman–Crippen LogP) is 4.55. The summed E-state index contributed by atoms with van der Waals surface area (Å²) < 4.78 is 5.21. The van der Waals surface area contributed by atoms with Gasteiger partial charge in [0, 0.05) is 22.7 Å². The van der Waals surface area contributed by atoms with Crippen molar-refractivity contribution in [3.05, 3.63) is 59.8 Å². The molecule has 23 heavy (non-hydrogen) atoms. The quantitative estimate of drug-likeness (QED) is 0.742. The van der Waals surface area contributed by atoms with Crippen LogP contribution in [0, 0.1) is 0 Å². The normalized spacial score (nSPS) is 11.0. The van der Waals surface area contributed by atoms with Crippen molar-refractivity contribution >= 4 is 22.5 Å². The Morgan fingerprint density at radius 1 is 1.13 bits per heavy atom. The van der Waals surface area contributed by atoms with Crippen molar-refractivity contribution in [3.63, 3.8) is 0 Å². The summed E-state index contributed by atoms with van der Waals surface area (Å²) in [4.78, 5) is 15.7. The average molecular weight is 308 g/mol. The van der Waals surface area contributed by atoms with Crippen molar-refractivity contribution in [1.82, 2.24) is 4.98 Å². The van der Waals surface area contributed by atoms with E-state index in [0.717, 1.165) is 27.9 Å². The third-order valence-corrected chi connectivity index (χ3v) is 3.91. The van der Waals surface area contributed by atoms with Crippen LogP contribution in [0.3, 0.4) is 0 Å². The van der Waals surface area contributed by atoms with Crippen molar-refractivity contribution in [2.45, 2.75) is 19.8 Å². The molecule has 2 aromatic carbocycles. The molecule has 4 nitrogen and oxygen atoms in total. The van der Waals surface area contributed by atoms with Gasteiger partial charge in [0.05, 0.1) is 7.11 Å². The molecular formula is C19H20N2O2. The zero-order valence-electron chi connectivity index (χ0n) is 13.5. The Kier molecular flexibility index (Phi) is 4.06. The summed E-state index contributed by atoms with van der Waals surface area (Å²) in [6, 6.07) is 15.4. The third kappa shape index (κ3) is 3.06. The van der Waals surface area contributed by atoms with Gasteiger partial charge in [-0.15, -0.1) is 0 Å². The van der Waals surface area contributed by atoms with Gasteiger partial charge in [0.2, 0.25) is 0 Å². The maximum absolute atomic E-state index is 12.5. The highest BCUT2D eigenvalue weighted by atomic mass is 16.5. The number of carbonyl (C=O) groups is 1. The molecule has 0 radical (unpaired) electrons. The SMILES string of the molecule is COc1ccc2cc(C(=O)Nc3ccccc3C(C)C)[nH]c2c1. The number of fused-ring (bicyclic) bond motifs is 1. The van der Waals surface area contributed by atoms with Crippen LogP contribution in [-0.4, -0.2) is 18.0 Å². The maximum Gasteiger partial charge on any atom is 0.272 e. The van der Waals surface area contributed by atoms with Crippen molar-refractivity contribution in [2.24, 2.45) is 0 Å². The minimum atomic E-state index is -0.145. The Morgan fingerprint density at radius 2 is 1.91 bits per heavy atom. The summed E-state index contributed by atoms with van der Waals surface area (Å²) in [5, 5.41) is 3.98. The fraction of sp³-hybridized carbons (Fsp3) is 0.211. The van der Waals surface area contributed by atoms with Gasteiger partial charge in [-0.3, -0.25) is 4.79 Å². The van der Waals surface area contributed by atoms with E-state index in [1.54, 1.807) is 7.11 Å². The molecule has 3 aromatic rings. The number of para-hydroxylation sites is 1. The molecule has 118 valence electrons. The van der Waals surface area contributed by atoms with E-state index in [1.165, 1.54) is 0 Å². The summed E-state index contributed by atoms with van der Waals surface area (Å²) in [7, 11) is 1.63. The van der Waals surface area contributed by atoms with Crippen LogP contribution in [0.25, 0.3) is 10.9 Å². The highest BCUT2D eigenvalue weighted by molar-refractivity contribution is 6.06. The topological polar surface area (TPSA) is 54.1 Å². The molecule has 0 aliphatic rings. The lowest BCUT2D eigenvalue weighted by Gasteiger charge is -2.13.